The van der Waals surface area contributed by atoms with Gasteiger partial charge in [-0.25, -0.2) is 4.39 Å². The van der Waals surface area contributed by atoms with Crippen LogP contribution in [-0.4, -0.2) is 6.61 Å². The zero-order valence-electron chi connectivity index (χ0n) is 15.3. The molecule has 2 aliphatic carbocycles. The van der Waals surface area contributed by atoms with E-state index in [2.05, 4.69) is 0 Å². The molecule has 3 rings (SSSR count). The van der Waals surface area contributed by atoms with Crippen LogP contribution >= 0.6 is 0 Å². The minimum atomic E-state index is -0.837. The van der Waals surface area contributed by atoms with Crippen LogP contribution in [0.15, 0.2) is 24.3 Å². The molecule has 2 aliphatic rings. The summed E-state index contributed by atoms with van der Waals surface area (Å²) in [6, 6.07) is 3.32. The van der Waals surface area contributed by atoms with Crippen LogP contribution in [0.25, 0.3) is 0 Å². The third-order valence-corrected chi connectivity index (χ3v) is 6.18. The van der Waals surface area contributed by atoms with Crippen molar-refractivity contribution in [2.75, 3.05) is 6.61 Å². The van der Waals surface area contributed by atoms with Crippen molar-refractivity contribution in [3.8, 4) is 5.75 Å². The van der Waals surface area contributed by atoms with Crippen molar-refractivity contribution in [3.05, 3.63) is 41.5 Å². The maximum atomic E-state index is 14.5. The average Bonchev–Trinajstić information content (AvgIpc) is 2.66. The molecular formula is C22H30F2O. The Hall–Kier alpha value is -1.38. The van der Waals surface area contributed by atoms with Crippen LogP contribution in [0.5, 0.6) is 5.75 Å². The molecule has 0 atom stereocenters. The molecule has 0 aromatic heterocycles. The van der Waals surface area contributed by atoms with Gasteiger partial charge in [0.05, 0.1) is 0 Å². The number of rotatable bonds is 5. The zero-order chi connectivity index (χ0) is 17.6. The van der Waals surface area contributed by atoms with Crippen molar-refractivity contribution in [1.29, 1.82) is 0 Å². The molecule has 0 spiro atoms. The molecule has 0 bridgehead atoms. The number of hydrogen-bond donors (Lipinski definition) is 0. The SMILES string of the molecule is C/C=C/COc1ccc(C2CCC(C3CCCCC3)CC2)c(F)c1F. The lowest BCUT2D eigenvalue weighted by Gasteiger charge is -2.36. The summed E-state index contributed by atoms with van der Waals surface area (Å²) < 4.78 is 34.1. The van der Waals surface area contributed by atoms with Gasteiger partial charge in [-0.2, -0.15) is 4.39 Å². The van der Waals surface area contributed by atoms with Gasteiger partial charge in [-0.3, -0.25) is 0 Å². The molecule has 138 valence electrons. The van der Waals surface area contributed by atoms with Crippen molar-refractivity contribution in [2.45, 2.75) is 70.6 Å². The van der Waals surface area contributed by atoms with E-state index in [9.17, 15) is 8.78 Å². The van der Waals surface area contributed by atoms with Crippen LogP contribution in [-0.2, 0) is 0 Å². The van der Waals surface area contributed by atoms with Gasteiger partial charge in [0.15, 0.2) is 11.6 Å². The minimum Gasteiger partial charge on any atom is -0.486 e. The van der Waals surface area contributed by atoms with E-state index >= 15 is 0 Å². The predicted molar refractivity (Wildman–Crippen MR) is 97.9 cm³/mol. The number of allylic oxidation sites excluding steroid dienone is 1. The van der Waals surface area contributed by atoms with Gasteiger partial charge in [0.2, 0.25) is 5.82 Å². The Bertz CT molecular complexity index is 582. The highest BCUT2D eigenvalue weighted by Gasteiger charge is 2.31. The molecule has 2 saturated carbocycles. The lowest BCUT2D eigenvalue weighted by molar-refractivity contribution is 0.184. The summed E-state index contributed by atoms with van der Waals surface area (Å²) >= 11 is 0. The van der Waals surface area contributed by atoms with Crippen molar-refractivity contribution in [1.82, 2.24) is 0 Å². The second-order valence-electron chi connectivity index (χ2n) is 7.67. The van der Waals surface area contributed by atoms with Crippen LogP contribution in [0.4, 0.5) is 8.78 Å². The molecule has 1 aromatic carbocycles. The van der Waals surface area contributed by atoms with Crippen LogP contribution in [0.3, 0.4) is 0 Å². The number of hydrogen-bond acceptors (Lipinski definition) is 1. The molecule has 0 heterocycles. The topological polar surface area (TPSA) is 9.23 Å². The highest BCUT2D eigenvalue weighted by Crippen LogP contribution is 2.44. The van der Waals surface area contributed by atoms with Gasteiger partial charge in [0.1, 0.15) is 6.61 Å². The van der Waals surface area contributed by atoms with Crippen LogP contribution < -0.4 is 4.74 Å². The Morgan fingerprint density at radius 2 is 1.60 bits per heavy atom. The number of benzene rings is 1. The van der Waals surface area contributed by atoms with E-state index in [-0.39, 0.29) is 18.3 Å². The fourth-order valence-corrected chi connectivity index (χ4v) is 4.71. The summed E-state index contributed by atoms with van der Waals surface area (Å²) in [4.78, 5) is 0. The Labute approximate surface area is 150 Å². The molecule has 25 heavy (non-hydrogen) atoms. The molecule has 2 fully saturated rings. The van der Waals surface area contributed by atoms with E-state index in [4.69, 9.17) is 4.74 Å². The second kappa shape index (κ2) is 8.82. The fraction of sp³-hybridized carbons (Fsp3) is 0.636. The van der Waals surface area contributed by atoms with Crippen molar-refractivity contribution < 1.29 is 13.5 Å². The maximum Gasteiger partial charge on any atom is 0.200 e. The molecular weight excluding hydrogens is 318 g/mol. The van der Waals surface area contributed by atoms with E-state index in [1.54, 1.807) is 18.2 Å². The molecule has 1 nitrogen and oxygen atoms in total. The Morgan fingerprint density at radius 3 is 2.28 bits per heavy atom. The average molecular weight is 348 g/mol. The fourth-order valence-electron chi connectivity index (χ4n) is 4.71. The van der Waals surface area contributed by atoms with Gasteiger partial charge in [-0.1, -0.05) is 50.3 Å². The second-order valence-corrected chi connectivity index (χ2v) is 7.67. The molecule has 0 aliphatic heterocycles. The monoisotopic (exact) mass is 348 g/mol. The number of halogens is 2. The molecule has 3 heteroatoms. The van der Waals surface area contributed by atoms with Gasteiger partial charge < -0.3 is 4.74 Å². The summed E-state index contributed by atoms with van der Waals surface area (Å²) in [6.07, 6.45) is 14.8. The van der Waals surface area contributed by atoms with Crippen molar-refractivity contribution >= 4 is 0 Å². The predicted octanol–water partition coefficient (Wildman–Crippen LogP) is 6.77. The van der Waals surface area contributed by atoms with Crippen LogP contribution in [0.1, 0.15) is 76.2 Å². The van der Waals surface area contributed by atoms with E-state index in [1.807, 2.05) is 13.0 Å². The highest BCUT2D eigenvalue weighted by molar-refractivity contribution is 5.33. The smallest absolute Gasteiger partial charge is 0.200 e. The van der Waals surface area contributed by atoms with Gasteiger partial charge in [0, 0.05) is 0 Å². The largest absolute Gasteiger partial charge is 0.486 e. The molecule has 0 amide bonds. The normalized spacial score (nSPS) is 25.4. The van der Waals surface area contributed by atoms with Crippen LogP contribution in [0.2, 0.25) is 0 Å². The number of ether oxygens (including phenoxy) is 1. The lowest BCUT2D eigenvalue weighted by Crippen LogP contribution is -2.23. The van der Waals surface area contributed by atoms with E-state index in [1.165, 1.54) is 32.1 Å². The maximum absolute atomic E-state index is 14.5. The molecule has 0 unspecified atom stereocenters. The van der Waals surface area contributed by atoms with E-state index in [0.717, 1.165) is 37.5 Å². The molecule has 0 N–H and O–H groups in total. The Morgan fingerprint density at radius 1 is 0.920 bits per heavy atom. The summed E-state index contributed by atoms with van der Waals surface area (Å²) in [5.74, 6) is 0.288. The zero-order valence-corrected chi connectivity index (χ0v) is 15.3. The molecule has 0 saturated heterocycles. The van der Waals surface area contributed by atoms with E-state index < -0.39 is 11.6 Å². The van der Waals surface area contributed by atoms with Crippen molar-refractivity contribution in [3.63, 3.8) is 0 Å². The Kier molecular flexibility index (Phi) is 6.50. The first kappa shape index (κ1) is 18.4. The minimum absolute atomic E-state index is 0.00948. The summed E-state index contributed by atoms with van der Waals surface area (Å²) in [6.45, 7) is 2.13. The third-order valence-electron chi connectivity index (χ3n) is 6.18. The molecule has 1 aromatic rings. The Balaban J connectivity index is 1.61. The first-order valence-corrected chi connectivity index (χ1v) is 9.92. The first-order valence-electron chi connectivity index (χ1n) is 9.92. The van der Waals surface area contributed by atoms with Crippen molar-refractivity contribution in [2.24, 2.45) is 11.8 Å². The summed E-state index contributed by atoms with van der Waals surface area (Å²) in [5, 5.41) is 0. The summed E-state index contributed by atoms with van der Waals surface area (Å²) in [7, 11) is 0. The van der Waals surface area contributed by atoms with Gasteiger partial charge in [0.25, 0.3) is 0 Å². The third kappa shape index (κ3) is 4.43. The lowest BCUT2D eigenvalue weighted by atomic mass is 9.70. The quantitative estimate of drug-likeness (QED) is 0.533. The van der Waals surface area contributed by atoms with Gasteiger partial charge >= 0.3 is 0 Å². The first-order chi connectivity index (χ1) is 12.2. The summed E-state index contributed by atoms with van der Waals surface area (Å²) in [5.41, 5.74) is 0.540. The van der Waals surface area contributed by atoms with Gasteiger partial charge in [-0.15, -0.1) is 0 Å². The van der Waals surface area contributed by atoms with Gasteiger partial charge in [-0.05, 0) is 62.0 Å². The standard InChI is InChI=1S/C22H30F2O/c1-2-3-15-25-20-14-13-19(21(23)22(20)24)18-11-9-17(10-12-18)16-7-5-4-6-8-16/h2-3,13-14,16-18H,4-12,15H2,1H3/b3-2+. The van der Waals surface area contributed by atoms with Crippen LogP contribution in [0, 0.1) is 23.5 Å². The molecule has 0 radical (unpaired) electrons. The van der Waals surface area contributed by atoms with E-state index in [0.29, 0.717) is 5.56 Å². The highest BCUT2D eigenvalue weighted by atomic mass is 19.2.